The third-order valence-electron chi connectivity index (χ3n) is 4.39. The van der Waals surface area contributed by atoms with Crippen molar-refractivity contribution in [1.29, 1.82) is 5.26 Å². The smallest absolute Gasteiger partial charge is 0.340 e. The second-order valence-corrected chi connectivity index (χ2v) is 8.57. The number of carbonyl (C=O) groups excluding carboxylic acids is 1. The molecule has 0 aromatic heterocycles. The fourth-order valence-electron chi connectivity index (χ4n) is 2.89. The molecule has 154 valence electrons. The Morgan fingerprint density at radius 3 is 2.39 bits per heavy atom. The average Bonchev–Trinajstić information content (AvgIpc) is 2.85. The molecule has 0 bridgehead atoms. The molecule has 1 aliphatic heterocycles. The zero-order chi connectivity index (χ0) is 20.9. The molecule has 1 aliphatic rings. The molecule has 1 heterocycles. The van der Waals surface area contributed by atoms with E-state index in [1.54, 1.807) is 0 Å². The molecular formula is C17H21F3N4O3S. The van der Waals surface area contributed by atoms with Crippen LogP contribution in [0.25, 0.3) is 0 Å². The molecule has 0 unspecified atom stereocenters. The van der Waals surface area contributed by atoms with Crippen molar-refractivity contribution in [2.45, 2.75) is 17.5 Å². The number of benzene rings is 1. The summed E-state index contributed by atoms with van der Waals surface area (Å²) in [7, 11) is -2.66. The Hall–Kier alpha value is -2.16. The third-order valence-corrected chi connectivity index (χ3v) is 6.21. The van der Waals surface area contributed by atoms with Crippen LogP contribution >= 0.6 is 0 Å². The molecule has 0 radical (unpaired) electrons. The Morgan fingerprint density at radius 1 is 1.18 bits per heavy atom. The Kier molecular flexibility index (Phi) is 7.03. The van der Waals surface area contributed by atoms with E-state index in [4.69, 9.17) is 5.26 Å². The summed E-state index contributed by atoms with van der Waals surface area (Å²) in [4.78, 5) is 15.1. The maximum atomic E-state index is 12.6. The largest absolute Gasteiger partial charge is 0.401 e. The molecule has 1 aromatic rings. The van der Waals surface area contributed by atoms with Crippen LogP contribution in [0.2, 0.25) is 0 Å². The van der Waals surface area contributed by atoms with E-state index in [0.29, 0.717) is 12.0 Å². The standard InChI is InChI=1S/C17H21F3N4O3S/c1-22(28(26,27)15-5-3-14(11-21)4-6-15)12-16(25)24-8-2-7-23(9-10-24)13-17(18,19)20/h3-6H,2,7-10,12-13H2,1H3. The van der Waals surface area contributed by atoms with E-state index in [9.17, 15) is 26.4 Å². The fraction of sp³-hybridized carbons (Fsp3) is 0.529. The molecule has 0 N–H and O–H groups in total. The lowest BCUT2D eigenvalue weighted by atomic mass is 10.2. The number of amides is 1. The fourth-order valence-corrected chi connectivity index (χ4v) is 4.01. The summed E-state index contributed by atoms with van der Waals surface area (Å²) in [6.07, 6.45) is -3.91. The van der Waals surface area contributed by atoms with Gasteiger partial charge in [-0.1, -0.05) is 0 Å². The first-order valence-corrected chi connectivity index (χ1v) is 10.0. The SMILES string of the molecule is CN(CC(=O)N1CCCN(CC(F)(F)F)CC1)S(=O)(=O)c1ccc(C#N)cc1. The van der Waals surface area contributed by atoms with Crippen molar-refractivity contribution in [2.24, 2.45) is 0 Å². The third kappa shape index (κ3) is 5.92. The highest BCUT2D eigenvalue weighted by molar-refractivity contribution is 7.89. The van der Waals surface area contributed by atoms with Crippen LogP contribution in [-0.4, -0.2) is 80.9 Å². The summed E-state index contributed by atoms with van der Waals surface area (Å²) in [5.74, 6) is -0.464. The van der Waals surface area contributed by atoms with E-state index in [1.807, 2.05) is 6.07 Å². The van der Waals surface area contributed by atoms with Crippen LogP contribution in [0.1, 0.15) is 12.0 Å². The molecule has 28 heavy (non-hydrogen) atoms. The van der Waals surface area contributed by atoms with Gasteiger partial charge in [0.05, 0.1) is 29.6 Å². The van der Waals surface area contributed by atoms with Gasteiger partial charge in [0.25, 0.3) is 0 Å². The van der Waals surface area contributed by atoms with Crippen LogP contribution in [0.5, 0.6) is 0 Å². The van der Waals surface area contributed by atoms with E-state index >= 15 is 0 Å². The highest BCUT2D eigenvalue weighted by atomic mass is 32.2. The Balaban J connectivity index is 1.98. The number of hydrogen-bond donors (Lipinski definition) is 0. The van der Waals surface area contributed by atoms with Gasteiger partial charge in [-0.2, -0.15) is 22.7 Å². The topological polar surface area (TPSA) is 84.7 Å². The minimum absolute atomic E-state index is 0.0472. The zero-order valence-corrected chi connectivity index (χ0v) is 16.1. The van der Waals surface area contributed by atoms with E-state index in [1.165, 1.54) is 41.1 Å². The molecule has 0 aliphatic carbocycles. The van der Waals surface area contributed by atoms with Gasteiger partial charge in [0, 0.05) is 33.2 Å². The molecular weight excluding hydrogens is 397 g/mol. The Morgan fingerprint density at radius 2 is 1.82 bits per heavy atom. The van der Waals surface area contributed by atoms with Crippen molar-refractivity contribution in [2.75, 3.05) is 46.3 Å². The van der Waals surface area contributed by atoms with Gasteiger partial charge in [0.15, 0.2) is 0 Å². The van der Waals surface area contributed by atoms with E-state index in [-0.39, 0.29) is 31.1 Å². The molecule has 7 nitrogen and oxygen atoms in total. The molecule has 11 heteroatoms. The highest BCUT2D eigenvalue weighted by Gasteiger charge is 2.32. The number of nitriles is 1. The molecule has 1 fully saturated rings. The lowest BCUT2D eigenvalue weighted by molar-refractivity contribution is -0.145. The van der Waals surface area contributed by atoms with E-state index in [2.05, 4.69) is 0 Å². The predicted molar refractivity (Wildman–Crippen MR) is 94.7 cm³/mol. The predicted octanol–water partition coefficient (Wildman–Crippen LogP) is 1.28. The van der Waals surface area contributed by atoms with Crippen molar-refractivity contribution >= 4 is 15.9 Å². The Labute approximate surface area is 162 Å². The number of nitrogens with zero attached hydrogens (tertiary/aromatic N) is 4. The second kappa shape index (κ2) is 8.89. The van der Waals surface area contributed by atoms with E-state index in [0.717, 1.165) is 4.31 Å². The normalized spacial score (nSPS) is 16.6. The number of carbonyl (C=O) groups is 1. The minimum Gasteiger partial charge on any atom is -0.340 e. The summed E-state index contributed by atoms with van der Waals surface area (Å²) in [5.41, 5.74) is 0.311. The molecule has 1 saturated heterocycles. The number of hydrogen-bond acceptors (Lipinski definition) is 5. The lowest BCUT2D eigenvalue weighted by Crippen LogP contribution is -2.43. The van der Waals surface area contributed by atoms with Crippen LogP contribution in [0.4, 0.5) is 13.2 Å². The van der Waals surface area contributed by atoms with Gasteiger partial charge in [-0.3, -0.25) is 9.69 Å². The number of alkyl halides is 3. The molecule has 0 saturated carbocycles. The van der Waals surface area contributed by atoms with Crippen molar-refractivity contribution in [3.63, 3.8) is 0 Å². The summed E-state index contributed by atoms with van der Waals surface area (Å²) in [6, 6.07) is 7.20. The second-order valence-electron chi connectivity index (χ2n) is 6.52. The number of likely N-dealkylation sites (N-methyl/N-ethyl adjacent to an activating group) is 1. The first kappa shape index (κ1) is 22.1. The summed E-state index contributed by atoms with van der Waals surface area (Å²) < 4.78 is 63.6. The summed E-state index contributed by atoms with van der Waals surface area (Å²) >= 11 is 0. The van der Waals surface area contributed by atoms with Crippen LogP contribution < -0.4 is 0 Å². The first-order chi connectivity index (χ1) is 13.0. The number of rotatable bonds is 5. The maximum Gasteiger partial charge on any atom is 0.401 e. The molecule has 0 spiro atoms. The van der Waals surface area contributed by atoms with E-state index < -0.39 is 35.2 Å². The van der Waals surface area contributed by atoms with Crippen molar-refractivity contribution < 1.29 is 26.4 Å². The maximum absolute atomic E-state index is 12.6. The van der Waals surface area contributed by atoms with Crippen LogP contribution in [0, 0.1) is 11.3 Å². The summed E-state index contributed by atoms with van der Waals surface area (Å²) in [6.45, 7) is -0.749. The van der Waals surface area contributed by atoms with Gasteiger partial charge in [-0.15, -0.1) is 0 Å². The average molecular weight is 418 g/mol. The Bertz CT molecular complexity index is 835. The van der Waals surface area contributed by atoms with Gasteiger partial charge < -0.3 is 4.90 Å². The quantitative estimate of drug-likeness (QED) is 0.719. The van der Waals surface area contributed by atoms with Gasteiger partial charge in [-0.05, 0) is 30.7 Å². The van der Waals surface area contributed by atoms with Crippen molar-refractivity contribution in [1.82, 2.24) is 14.1 Å². The highest BCUT2D eigenvalue weighted by Crippen LogP contribution is 2.18. The van der Waals surface area contributed by atoms with Gasteiger partial charge in [-0.25, -0.2) is 8.42 Å². The zero-order valence-electron chi connectivity index (χ0n) is 15.3. The molecule has 2 rings (SSSR count). The van der Waals surface area contributed by atoms with Gasteiger partial charge in [0.2, 0.25) is 15.9 Å². The molecule has 0 atom stereocenters. The van der Waals surface area contributed by atoms with Crippen LogP contribution in [0.3, 0.4) is 0 Å². The van der Waals surface area contributed by atoms with Gasteiger partial charge in [0.1, 0.15) is 0 Å². The van der Waals surface area contributed by atoms with Crippen LogP contribution in [-0.2, 0) is 14.8 Å². The minimum atomic E-state index is -4.30. The van der Waals surface area contributed by atoms with Crippen molar-refractivity contribution in [3.8, 4) is 6.07 Å². The monoisotopic (exact) mass is 418 g/mol. The summed E-state index contributed by atoms with van der Waals surface area (Å²) in [5, 5.41) is 8.78. The van der Waals surface area contributed by atoms with Crippen molar-refractivity contribution in [3.05, 3.63) is 29.8 Å². The molecule has 1 aromatic carbocycles. The van der Waals surface area contributed by atoms with Crippen LogP contribution in [0.15, 0.2) is 29.2 Å². The lowest BCUT2D eigenvalue weighted by Gasteiger charge is -2.25. The number of sulfonamides is 1. The number of halogens is 3. The van der Waals surface area contributed by atoms with Gasteiger partial charge >= 0.3 is 6.18 Å². The molecule has 1 amide bonds. The first-order valence-electron chi connectivity index (χ1n) is 8.56.